The standard InChI is InChI=1S/C23H27N3O3/c1-2-27-22-16-20(29-15-14-28-19-6-4-3-5-7-19)12-13-21(22)26-18-10-8-17(9-11-18)23(24)25/h3-11,16,22H,2,12-15H2,1H3,(H3,24,25). The highest BCUT2D eigenvalue weighted by atomic mass is 16.5. The van der Waals surface area contributed by atoms with Crippen LogP contribution in [0.5, 0.6) is 5.75 Å². The number of amidine groups is 1. The van der Waals surface area contributed by atoms with Gasteiger partial charge < -0.3 is 19.9 Å². The van der Waals surface area contributed by atoms with Gasteiger partial charge in [0.2, 0.25) is 0 Å². The smallest absolute Gasteiger partial charge is 0.122 e. The lowest BCUT2D eigenvalue weighted by Crippen LogP contribution is -2.27. The van der Waals surface area contributed by atoms with Crippen LogP contribution in [0.2, 0.25) is 0 Å². The van der Waals surface area contributed by atoms with Gasteiger partial charge in [-0.3, -0.25) is 10.4 Å². The summed E-state index contributed by atoms with van der Waals surface area (Å²) in [6.45, 7) is 3.53. The predicted octanol–water partition coefficient (Wildman–Crippen LogP) is 4.22. The molecule has 0 spiro atoms. The Balaban J connectivity index is 1.58. The van der Waals surface area contributed by atoms with E-state index in [2.05, 4.69) is 0 Å². The van der Waals surface area contributed by atoms with Crippen LogP contribution in [0, 0.1) is 5.41 Å². The zero-order valence-electron chi connectivity index (χ0n) is 16.6. The van der Waals surface area contributed by atoms with E-state index in [9.17, 15) is 0 Å². The van der Waals surface area contributed by atoms with Crippen LogP contribution in [0.4, 0.5) is 5.69 Å². The topological polar surface area (TPSA) is 89.9 Å². The van der Waals surface area contributed by atoms with Crippen molar-refractivity contribution < 1.29 is 14.2 Å². The van der Waals surface area contributed by atoms with Crippen molar-refractivity contribution in [3.05, 3.63) is 72.0 Å². The average Bonchev–Trinajstić information content (AvgIpc) is 2.74. The Morgan fingerprint density at radius 1 is 1.03 bits per heavy atom. The molecule has 0 heterocycles. The summed E-state index contributed by atoms with van der Waals surface area (Å²) >= 11 is 0. The number of nitrogens with one attached hydrogen (secondary N) is 1. The number of para-hydroxylation sites is 1. The number of rotatable bonds is 9. The van der Waals surface area contributed by atoms with Crippen molar-refractivity contribution in [1.82, 2.24) is 0 Å². The van der Waals surface area contributed by atoms with E-state index in [4.69, 9.17) is 30.3 Å². The van der Waals surface area contributed by atoms with Gasteiger partial charge in [-0.1, -0.05) is 18.2 Å². The molecule has 0 fully saturated rings. The number of hydrogen-bond acceptors (Lipinski definition) is 5. The summed E-state index contributed by atoms with van der Waals surface area (Å²) in [6.07, 6.45) is 3.34. The minimum Gasteiger partial charge on any atom is -0.495 e. The van der Waals surface area contributed by atoms with Crippen molar-refractivity contribution in [1.29, 1.82) is 5.41 Å². The number of ether oxygens (including phenoxy) is 3. The van der Waals surface area contributed by atoms with E-state index in [0.717, 1.165) is 35.7 Å². The summed E-state index contributed by atoms with van der Waals surface area (Å²) in [7, 11) is 0. The molecule has 0 saturated heterocycles. The summed E-state index contributed by atoms with van der Waals surface area (Å²) in [6, 6.07) is 17.0. The predicted molar refractivity (Wildman–Crippen MR) is 115 cm³/mol. The van der Waals surface area contributed by atoms with E-state index >= 15 is 0 Å². The number of hydrogen-bond donors (Lipinski definition) is 2. The third kappa shape index (κ3) is 6.19. The fraction of sp³-hybridized carbons (Fsp3) is 0.304. The summed E-state index contributed by atoms with van der Waals surface area (Å²) in [4.78, 5) is 4.74. The highest BCUT2D eigenvalue weighted by Gasteiger charge is 2.21. The third-order valence-electron chi connectivity index (χ3n) is 4.47. The molecule has 0 bridgehead atoms. The second-order valence-electron chi connectivity index (χ2n) is 6.58. The van der Waals surface area contributed by atoms with Crippen molar-refractivity contribution in [2.45, 2.75) is 25.9 Å². The molecule has 1 aliphatic carbocycles. The molecule has 1 unspecified atom stereocenters. The number of aliphatic imine (C=N–C) groups is 1. The first-order valence-electron chi connectivity index (χ1n) is 9.80. The molecule has 2 aromatic rings. The SMILES string of the molecule is CCOC1C=C(OCCOc2ccccc2)CCC1=Nc1ccc(C(=N)N)cc1. The Labute approximate surface area is 171 Å². The van der Waals surface area contributed by atoms with E-state index in [1.54, 1.807) is 12.1 Å². The molecule has 3 rings (SSSR count). The molecule has 1 atom stereocenters. The van der Waals surface area contributed by atoms with Crippen molar-refractivity contribution in [3.63, 3.8) is 0 Å². The van der Waals surface area contributed by atoms with Gasteiger partial charge in [0.15, 0.2) is 0 Å². The summed E-state index contributed by atoms with van der Waals surface area (Å²) < 4.78 is 17.4. The van der Waals surface area contributed by atoms with Gasteiger partial charge in [0, 0.05) is 18.6 Å². The van der Waals surface area contributed by atoms with Crippen LogP contribution in [0.1, 0.15) is 25.3 Å². The van der Waals surface area contributed by atoms with Gasteiger partial charge >= 0.3 is 0 Å². The Kier molecular flexibility index (Phi) is 7.41. The van der Waals surface area contributed by atoms with Gasteiger partial charge in [0.25, 0.3) is 0 Å². The molecule has 3 N–H and O–H groups in total. The van der Waals surface area contributed by atoms with Gasteiger partial charge in [0.05, 0.1) is 17.2 Å². The van der Waals surface area contributed by atoms with Gasteiger partial charge in [-0.05, 0) is 55.8 Å². The lowest BCUT2D eigenvalue weighted by Gasteiger charge is -2.23. The molecular weight excluding hydrogens is 366 g/mol. The van der Waals surface area contributed by atoms with Crippen molar-refractivity contribution in [3.8, 4) is 5.75 Å². The molecule has 1 aliphatic rings. The lowest BCUT2D eigenvalue weighted by molar-refractivity contribution is 0.117. The van der Waals surface area contributed by atoms with E-state index < -0.39 is 0 Å². The normalized spacial score (nSPS) is 17.6. The summed E-state index contributed by atoms with van der Waals surface area (Å²) in [5, 5.41) is 7.48. The number of allylic oxidation sites excluding steroid dienone is 1. The minimum atomic E-state index is -0.203. The van der Waals surface area contributed by atoms with Crippen molar-refractivity contribution >= 4 is 17.2 Å². The van der Waals surface area contributed by atoms with Gasteiger partial charge in [0.1, 0.15) is 30.9 Å². The molecule has 0 amide bonds. The Morgan fingerprint density at radius 3 is 2.45 bits per heavy atom. The largest absolute Gasteiger partial charge is 0.495 e. The molecule has 2 aromatic carbocycles. The highest BCUT2D eigenvalue weighted by Crippen LogP contribution is 2.23. The molecule has 29 heavy (non-hydrogen) atoms. The van der Waals surface area contributed by atoms with E-state index in [1.807, 2.05) is 55.5 Å². The summed E-state index contributed by atoms with van der Waals surface area (Å²) in [5.41, 5.74) is 7.98. The maximum absolute atomic E-state index is 7.48. The molecule has 0 saturated carbocycles. The third-order valence-corrected chi connectivity index (χ3v) is 4.47. The molecule has 6 heteroatoms. The fourth-order valence-electron chi connectivity index (χ4n) is 3.04. The zero-order chi connectivity index (χ0) is 20.5. The number of nitrogens with two attached hydrogens (primary N) is 1. The Hall–Kier alpha value is -3.12. The lowest BCUT2D eigenvalue weighted by atomic mass is 10.0. The van der Waals surface area contributed by atoms with Crippen LogP contribution in [-0.2, 0) is 9.47 Å². The van der Waals surface area contributed by atoms with Crippen LogP contribution < -0.4 is 10.5 Å². The Morgan fingerprint density at radius 2 is 1.76 bits per heavy atom. The molecule has 0 aliphatic heterocycles. The zero-order valence-corrected chi connectivity index (χ0v) is 16.6. The maximum atomic E-state index is 7.48. The fourth-order valence-corrected chi connectivity index (χ4v) is 3.04. The number of benzene rings is 2. The molecular formula is C23H27N3O3. The average molecular weight is 393 g/mol. The van der Waals surface area contributed by atoms with Gasteiger partial charge in [-0.2, -0.15) is 0 Å². The highest BCUT2D eigenvalue weighted by molar-refractivity contribution is 5.96. The van der Waals surface area contributed by atoms with E-state index in [0.29, 0.717) is 25.4 Å². The van der Waals surface area contributed by atoms with E-state index in [1.165, 1.54) is 0 Å². The first-order valence-corrected chi connectivity index (χ1v) is 9.80. The number of nitrogen functional groups attached to an aromatic ring is 1. The monoisotopic (exact) mass is 393 g/mol. The van der Waals surface area contributed by atoms with E-state index in [-0.39, 0.29) is 11.9 Å². The molecule has 0 aromatic heterocycles. The molecule has 0 radical (unpaired) electrons. The Bertz CT molecular complexity index is 861. The quantitative estimate of drug-likeness (QED) is 0.379. The van der Waals surface area contributed by atoms with Crippen LogP contribution in [0.3, 0.4) is 0 Å². The molecule has 152 valence electrons. The van der Waals surface area contributed by atoms with Gasteiger partial charge in [-0.15, -0.1) is 0 Å². The summed E-state index contributed by atoms with van der Waals surface area (Å²) in [5.74, 6) is 1.80. The second kappa shape index (κ2) is 10.4. The first-order chi connectivity index (χ1) is 14.2. The number of nitrogens with zero attached hydrogens (tertiary/aromatic N) is 1. The van der Waals surface area contributed by atoms with Crippen LogP contribution >= 0.6 is 0 Å². The molecule has 6 nitrogen and oxygen atoms in total. The van der Waals surface area contributed by atoms with Crippen LogP contribution in [-0.4, -0.2) is 37.5 Å². The maximum Gasteiger partial charge on any atom is 0.122 e. The minimum absolute atomic E-state index is 0.0510. The first kappa shape index (κ1) is 20.6. The second-order valence-corrected chi connectivity index (χ2v) is 6.58. The van der Waals surface area contributed by atoms with Crippen LogP contribution in [0.25, 0.3) is 0 Å². The van der Waals surface area contributed by atoms with Gasteiger partial charge in [-0.25, -0.2) is 0 Å². The van der Waals surface area contributed by atoms with Crippen molar-refractivity contribution in [2.24, 2.45) is 10.7 Å². The van der Waals surface area contributed by atoms with Crippen molar-refractivity contribution in [2.75, 3.05) is 19.8 Å². The van der Waals surface area contributed by atoms with Crippen LogP contribution in [0.15, 0.2) is 71.4 Å².